The summed E-state index contributed by atoms with van der Waals surface area (Å²) in [6.07, 6.45) is 3.06. The first kappa shape index (κ1) is 13.2. The van der Waals surface area contributed by atoms with Crippen molar-refractivity contribution in [1.82, 2.24) is 9.78 Å². The summed E-state index contributed by atoms with van der Waals surface area (Å²) in [4.78, 5) is 0. The molecule has 1 aromatic heterocycles. The van der Waals surface area contributed by atoms with Crippen LogP contribution < -0.4 is 11.1 Å². The lowest BCUT2D eigenvalue weighted by Gasteiger charge is -2.33. The van der Waals surface area contributed by atoms with E-state index >= 15 is 0 Å². The maximum Gasteiger partial charge on any atom is 0.147 e. The number of nitrogens with zero attached hydrogens (tertiary/aromatic N) is 2. The lowest BCUT2D eigenvalue weighted by molar-refractivity contribution is 0.0299. The van der Waals surface area contributed by atoms with Crippen LogP contribution in [0.5, 0.6) is 0 Å². The van der Waals surface area contributed by atoms with Crippen molar-refractivity contribution < 1.29 is 4.74 Å². The van der Waals surface area contributed by atoms with Crippen molar-refractivity contribution in [3.63, 3.8) is 0 Å². The van der Waals surface area contributed by atoms with Crippen molar-refractivity contribution in [1.29, 1.82) is 0 Å². The van der Waals surface area contributed by atoms with Crippen LogP contribution in [0.2, 0.25) is 0 Å². The molecule has 5 heteroatoms. The Morgan fingerprint density at radius 2 is 2.11 bits per heavy atom. The number of rotatable bonds is 4. The highest BCUT2D eigenvalue weighted by Crippen LogP contribution is 2.31. The SMILES string of the molecule is CCc1nn(C)c(NCC2(C)CCOCC2)c1N. The fourth-order valence-electron chi connectivity index (χ4n) is 2.40. The molecular weight excluding hydrogens is 228 g/mol. The molecule has 1 aliphatic rings. The lowest BCUT2D eigenvalue weighted by atomic mass is 9.82. The molecule has 1 fully saturated rings. The number of anilines is 2. The van der Waals surface area contributed by atoms with Gasteiger partial charge in [0.2, 0.25) is 0 Å². The smallest absolute Gasteiger partial charge is 0.147 e. The van der Waals surface area contributed by atoms with Gasteiger partial charge in [0, 0.05) is 26.8 Å². The number of aromatic nitrogens is 2. The summed E-state index contributed by atoms with van der Waals surface area (Å²) in [5.41, 5.74) is 8.15. The van der Waals surface area contributed by atoms with Crippen LogP contribution in [0.1, 0.15) is 32.4 Å². The van der Waals surface area contributed by atoms with E-state index in [-0.39, 0.29) is 0 Å². The average molecular weight is 252 g/mol. The minimum absolute atomic E-state index is 0.293. The molecule has 5 nitrogen and oxygen atoms in total. The van der Waals surface area contributed by atoms with E-state index in [1.165, 1.54) is 0 Å². The van der Waals surface area contributed by atoms with Gasteiger partial charge >= 0.3 is 0 Å². The monoisotopic (exact) mass is 252 g/mol. The predicted molar refractivity (Wildman–Crippen MR) is 73.6 cm³/mol. The minimum atomic E-state index is 0.293. The van der Waals surface area contributed by atoms with Crippen molar-refractivity contribution in [2.45, 2.75) is 33.1 Å². The molecule has 3 N–H and O–H groups in total. The second-order valence-electron chi connectivity index (χ2n) is 5.46. The lowest BCUT2D eigenvalue weighted by Crippen LogP contribution is -2.33. The molecule has 0 aromatic carbocycles. The van der Waals surface area contributed by atoms with Crippen LogP contribution in [0.3, 0.4) is 0 Å². The summed E-state index contributed by atoms with van der Waals surface area (Å²) in [6.45, 7) is 7.01. The highest BCUT2D eigenvalue weighted by Gasteiger charge is 2.27. The largest absolute Gasteiger partial charge is 0.394 e. The summed E-state index contributed by atoms with van der Waals surface area (Å²) >= 11 is 0. The van der Waals surface area contributed by atoms with E-state index in [2.05, 4.69) is 24.3 Å². The van der Waals surface area contributed by atoms with Crippen LogP contribution in [-0.2, 0) is 18.2 Å². The summed E-state index contributed by atoms with van der Waals surface area (Å²) in [5, 5.41) is 7.89. The molecule has 0 saturated carbocycles. The Morgan fingerprint density at radius 1 is 1.44 bits per heavy atom. The quantitative estimate of drug-likeness (QED) is 0.857. The Kier molecular flexibility index (Phi) is 3.80. The van der Waals surface area contributed by atoms with Gasteiger partial charge in [-0.2, -0.15) is 5.10 Å². The van der Waals surface area contributed by atoms with Gasteiger partial charge in [-0.1, -0.05) is 13.8 Å². The molecule has 0 atom stereocenters. The molecule has 1 aliphatic heterocycles. The average Bonchev–Trinajstić information content (AvgIpc) is 2.63. The van der Waals surface area contributed by atoms with Crippen LogP contribution in [0.15, 0.2) is 0 Å². The molecule has 18 heavy (non-hydrogen) atoms. The van der Waals surface area contributed by atoms with Gasteiger partial charge < -0.3 is 15.8 Å². The maximum atomic E-state index is 6.10. The highest BCUT2D eigenvalue weighted by atomic mass is 16.5. The van der Waals surface area contributed by atoms with Gasteiger partial charge in [-0.25, -0.2) is 0 Å². The van der Waals surface area contributed by atoms with Gasteiger partial charge in [-0.15, -0.1) is 0 Å². The van der Waals surface area contributed by atoms with E-state index in [1.807, 2.05) is 11.7 Å². The molecule has 0 unspecified atom stereocenters. The molecule has 0 amide bonds. The zero-order valence-corrected chi connectivity index (χ0v) is 11.6. The topological polar surface area (TPSA) is 65.1 Å². The second kappa shape index (κ2) is 5.18. The molecule has 2 heterocycles. The highest BCUT2D eigenvalue weighted by molar-refractivity contribution is 5.65. The molecule has 0 spiro atoms. The Hall–Kier alpha value is -1.23. The number of hydrogen-bond donors (Lipinski definition) is 2. The second-order valence-corrected chi connectivity index (χ2v) is 5.46. The number of ether oxygens (including phenoxy) is 1. The van der Waals surface area contributed by atoms with Gasteiger partial charge in [0.15, 0.2) is 0 Å². The van der Waals surface area contributed by atoms with Gasteiger partial charge in [0.1, 0.15) is 5.82 Å². The predicted octanol–water partition coefficient (Wildman–Crippen LogP) is 1.79. The number of nitrogens with two attached hydrogens (primary N) is 1. The first-order valence-electron chi connectivity index (χ1n) is 6.69. The van der Waals surface area contributed by atoms with Crippen molar-refractivity contribution in [3.8, 4) is 0 Å². The number of nitrogen functional groups attached to an aromatic ring is 1. The van der Waals surface area contributed by atoms with Gasteiger partial charge in [-0.3, -0.25) is 4.68 Å². The molecule has 1 saturated heterocycles. The van der Waals surface area contributed by atoms with Crippen molar-refractivity contribution >= 4 is 11.5 Å². The molecule has 0 bridgehead atoms. The zero-order valence-electron chi connectivity index (χ0n) is 11.6. The molecular formula is C13H24N4O. The third-order valence-corrected chi connectivity index (χ3v) is 3.88. The normalized spacial score (nSPS) is 18.8. The molecule has 102 valence electrons. The number of hydrogen-bond acceptors (Lipinski definition) is 4. The number of nitrogens with one attached hydrogen (secondary N) is 1. The third kappa shape index (κ3) is 2.61. The summed E-state index contributed by atoms with van der Waals surface area (Å²) in [7, 11) is 1.93. The first-order valence-corrected chi connectivity index (χ1v) is 6.69. The van der Waals surface area contributed by atoms with E-state index in [0.29, 0.717) is 5.41 Å². The van der Waals surface area contributed by atoms with Crippen LogP contribution in [0.4, 0.5) is 11.5 Å². The van der Waals surface area contributed by atoms with E-state index in [9.17, 15) is 0 Å². The van der Waals surface area contributed by atoms with Crippen molar-refractivity contribution in [2.24, 2.45) is 12.5 Å². The molecule has 1 aromatic rings. The number of aryl methyl sites for hydroxylation is 2. The fourth-order valence-corrected chi connectivity index (χ4v) is 2.40. The first-order chi connectivity index (χ1) is 8.56. The third-order valence-electron chi connectivity index (χ3n) is 3.88. The van der Waals surface area contributed by atoms with Crippen molar-refractivity contribution in [2.75, 3.05) is 30.8 Å². The van der Waals surface area contributed by atoms with Gasteiger partial charge in [0.25, 0.3) is 0 Å². The van der Waals surface area contributed by atoms with Gasteiger partial charge in [0.05, 0.1) is 11.4 Å². The maximum absolute atomic E-state index is 6.10. The minimum Gasteiger partial charge on any atom is -0.394 e. The fraction of sp³-hybridized carbons (Fsp3) is 0.769. The van der Waals surface area contributed by atoms with Crippen LogP contribution in [0.25, 0.3) is 0 Å². The molecule has 0 radical (unpaired) electrons. The van der Waals surface area contributed by atoms with Gasteiger partial charge in [-0.05, 0) is 24.7 Å². The Labute approximate surface area is 109 Å². The van der Waals surface area contributed by atoms with Crippen LogP contribution in [0, 0.1) is 5.41 Å². The van der Waals surface area contributed by atoms with E-state index < -0.39 is 0 Å². The zero-order chi connectivity index (χ0) is 13.2. The molecule has 2 rings (SSSR count). The van der Waals surface area contributed by atoms with Crippen LogP contribution in [-0.4, -0.2) is 29.5 Å². The van der Waals surface area contributed by atoms with Crippen molar-refractivity contribution in [3.05, 3.63) is 5.69 Å². The summed E-state index contributed by atoms with van der Waals surface area (Å²) in [6, 6.07) is 0. The Balaban J connectivity index is 2.03. The van der Waals surface area contributed by atoms with E-state index in [1.54, 1.807) is 0 Å². The van der Waals surface area contributed by atoms with E-state index in [4.69, 9.17) is 10.5 Å². The summed E-state index contributed by atoms with van der Waals surface area (Å²) < 4.78 is 7.26. The molecule has 0 aliphatic carbocycles. The summed E-state index contributed by atoms with van der Waals surface area (Å²) in [5.74, 6) is 0.944. The van der Waals surface area contributed by atoms with Crippen LogP contribution >= 0.6 is 0 Å². The standard InChI is InChI=1S/C13H24N4O/c1-4-10-11(14)12(17(3)16-10)15-9-13(2)5-7-18-8-6-13/h15H,4-9,14H2,1-3H3. The Bertz CT molecular complexity index is 407. The Morgan fingerprint density at radius 3 is 2.67 bits per heavy atom. The van der Waals surface area contributed by atoms with E-state index in [0.717, 1.165) is 56.2 Å².